The molecule has 0 aliphatic carbocycles. The van der Waals surface area contributed by atoms with Gasteiger partial charge in [0.15, 0.2) is 0 Å². The van der Waals surface area contributed by atoms with Crippen LogP contribution in [0.4, 0.5) is 10.1 Å². The normalized spacial score (nSPS) is 14.8. The molecule has 1 heterocycles. The van der Waals surface area contributed by atoms with Crippen LogP contribution in [0.3, 0.4) is 0 Å². The smallest absolute Gasteiger partial charge is 0.146 e. The number of hydrogen-bond donors (Lipinski definition) is 0. The average Bonchev–Trinajstić information content (AvgIpc) is 2.52. The molecule has 1 aromatic carbocycles. The molecule has 116 valence electrons. The van der Waals surface area contributed by atoms with Crippen molar-refractivity contribution in [3.63, 3.8) is 0 Å². The predicted octanol–water partition coefficient (Wildman–Crippen LogP) is 4.19. The van der Waals surface area contributed by atoms with Crippen LogP contribution in [0.1, 0.15) is 40.2 Å². The molecule has 0 saturated carbocycles. The van der Waals surface area contributed by atoms with Gasteiger partial charge in [0.2, 0.25) is 0 Å². The van der Waals surface area contributed by atoms with Crippen LogP contribution in [0.15, 0.2) is 18.2 Å². The molecule has 1 aliphatic rings. The van der Waals surface area contributed by atoms with Gasteiger partial charge in [0.1, 0.15) is 5.82 Å². The Bertz CT molecular complexity index is 358. The minimum Gasteiger partial charge on any atom is -0.367 e. The van der Waals surface area contributed by atoms with Gasteiger partial charge < -0.3 is 9.80 Å². The Labute approximate surface area is 124 Å². The summed E-state index contributed by atoms with van der Waals surface area (Å²) in [6, 6.07) is 5.60. The van der Waals surface area contributed by atoms with Crippen LogP contribution in [-0.2, 0) is 6.42 Å². The lowest BCUT2D eigenvalue weighted by atomic mass is 10.1. The highest BCUT2D eigenvalue weighted by Crippen LogP contribution is 2.21. The summed E-state index contributed by atoms with van der Waals surface area (Å²) in [6.07, 6.45) is 0.889. The Morgan fingerprint density at radius 1 is 1.00 bits per heavy atom. The third-order valence-electron chi connectivity index (χ3n) is 3.26. The number of benzene rings is 1. The van der Waals surface area contributed by atoms with Gasteiger partial charge >= 0.3 is 0 Å². The number of halogens is 1. The van der Waals surface area contributed by atoms with E-state index in [4.69, 9.17) is 0 Å². The van der Waals surface area contributed by atoms with Gasteiger partial charge in [0.25, 0.3) is 0 Å². The lowest BCUT2D eigenvalue weighted by molar-refractivity contribution is 0.311. The van der Waals surface area contributed by atoms with Crippen LogP contribution < -0.4 is 4.90 Å². The predicted molar refractivity (Wildman–Crippen MR) is 88.2 cm³/mol. The quantitative estimate of drug-likeness (QED) is 0.802. The molecule has 2 nitrogen and oxygen atoms in total. The molecule has 0 amide bonds. The van der Waals surface area contributed by atoms with E-state index in [9.17, 15) is 4.39 Å². The first-order chi connectivity index (χ1) is 9.70. The first kappa shape index (κ1) is 18.9. The second-order valence-electron chi connectivity index (χ2n) is 4.43. The number of anilines is 1. The summed E-state index contributed by atoms with van der Waals surface area (Å²) in [6.45, 7) is 13.9. The van der Waals surface area contributed by atoms with E-state index in [1.54, 1.807) is 6.07 Å². The van der Waals surface area contributed by atoms with Crippen molar-refractivity contribution in [2.45, 2.75) is 41.0 Å². The second-order valence-corrected chi connectivity index (χ2v) is 4.43. The molecule has 0 unspecified atom stereocenters. The number of aryl methyl sites for hydroxylation is 1. The summed E-state index contributed by atoms with van der Waals surface area (Å²) in [5.41, 5.74) is 1.82. The van der Waals surface area contributed by atoms with E-state index >= 15 is 0 Å². The molecule has 3 heteroatoms. The zero-order valence-electron chi connectivity index (χ0n) is 14.0. The van der Waals surface area contributed by atoms with Gasteiger partial charge in [-0.3, -0.25) is 0 Å². The number of rotatable bonds is 2. The maximum Gasteiger partial charge on any atom is 0.146 e. The Morgan fingerprint density at radius 3 is 2.00 bits per heavy atom. The van der Waals surface area contributed by atoms with Crippen LogP contribution in [0, 0.1) is 5.82 Å². The fraction of sp³-hybridized carbons (Fsp3) is 0.647. The minimum atomic E-state index is -0.0797. The van der Waals surface area contributed by atoms with Gasteiger partial charge in [-0.1, -0.05) is 40.7 Å². The molecular weight excluding hydrogens is 251 g/mol. The number of hydrogen-bond acceptors (Lipinski definition) is 2. The lowest BCUT2D eigenvalue weighted by Crippen LogP contribution is -2.44. The largest absolute Gasteiger partial charge is 0.367 e. The molecule has 0 aromatic heterocycles. The van der Waals surface area contributed by atoms with Gasteiger partial charge in [0.05, 0.1) is 5.69 Å². The van der Waals surface area contributed by atoms with E-state index in [1.807, 2.05) is 46.8 Å². The standard InChI is InChI=1S/C13H19FN2.2C2H6/c1-3-11-4-5-13(12(14)10-11)16-8-6-15(2)7-9-16;2*1-2/h4-5,10H,3,6-9H2,1-2H3;2*1-2H3. The molecule has 20 heavy (non-hydrogen) atoms. The van der Waals surface area contributed by atoms with Crippen molar-refractivity contribution in [1.29, 1.82) is 0 Å². The molecule has 1 saturated heterocycles. The van der Waals surface area contributed by atoms with Gasteiger partial charge in [-0.25, -0.2) is 4.39 Å². The maximum absolute atomic E-state index is 13.9. The summed E-state index contributed by atoms with van der Waals surface area (Å²) in [7, 11) is 2.11. The number of piperazine rings is 1. The second kappa shape index (κ2) is 10.7. The number of likely N-dealkylation sites (N-methyl/N-ethyl adjacent to an activating group) is 1. The van der Waals surface area contributed by atoms with E-state index in [0.717, 1.165) is 43.9 Å². The van der Waals surface area contributed by atoms with Crippen molar-refractivity contribution in [2.75, 3.05) is 38.1 Å². The van der Waals surface area contributed by atoms with Crippen molar-refractivity contribution < 1.29 is 4.39 Å². The van der Waals surface area contributed by atoms with Gasteiger partial charge in [-0.15, -0.1) is 0 Å². The van der Waals surface area contributed by atoms with E-state index in [0.29, 0.717) is 0 Å². The van der Waals surface area contributed by atoms with Crippen molar-refractivity contribution in [2.24, 2.45) is 0 Å². The monoisotopic (exact) mass is 282 g/mol. The third kappa shape index (κ3) is 5.49. The average molecular weight is 282 g/mol. The maximum atomic E-state index is 13.9. The molecule has 1 aromatic rings. The van der Waals surface area contributed by atoms with Crippen molar-refractivity contribution in [1.82, 2.24) is 4.90 Å². The lowest BCUT2D eigenvalue weighted by Gasteiger charge is -2.34. The fourth-order valence-corrected chi connectivity index (χ4v) is 2.07. The Balaban J connectivity index is 0.000000829. The first-order valence-electron chi connectivity index (χ1n) is 7.92. The topological polar surface area (TPSA) is 6.48 Å². The summed E-state index contributed by atoms with van der Waals surface area (Å²) < 4.78 is 13.9. The highest BCUT2D eigenvalue weighted by atomic mass is 19.1. The van der Waals surface area contributed by atoms with Crippen molar-refractivity contribution in [3.8, 4) is 0 Å². The number of nitrogens with zero attached hydrogens (tertiary/aromatic N) is 2. The van der Waals surface area contributed by atoms with Crippen LogP contribution in [-0.4, -0.2) is 38.1 Å². The molecule has 0 radical (unpaired) electrons. The Morgan fingerprint density at radius 2 is 1.55 bits per heavy atom. The van der Waals surface area contributed by atoms with Crippen LogP contribution in [0.25, 0.3) is 0 Å². The highest BCUT2D eigenvalue weighted by molar-refractivity contribution is 5.49. The van der Waals surface area contributed by atoms with Crippen LogP contribution >= 0.6 is 0 Å². The van der Waals surface area contributed by atoms with E-state index in [-0.39, 0.29) is 5.82 Å². The summed E-state index contributed by atoms with van der Waals surface area (Å²) in [5.74, 6) is -0.0797. The van der Waals surface area contributed by atoms with Crippen LogP contribution in [0.5, 0.6) is 0 Å². The molecule has 2 rings (SSSR count). The molecular formula is C17H31FN2. The van der Waals surface area contributed by atoms with Gasteiger partial charge in [0, 0.05) is 26.2 Å². The van der Waals surface area contributed by atoms with Crippen LogP contribution in [0.2, 0.25) is 0 Å². The first-order valence-corrected chi connectivity index (χ1v) is 7.92. The molecule has 0 N–H and O–H groups in total. The zero-order valence-corrected chi connectivity index (χ0v) is 14.0. The minimum absolute atomic E-state index is 0.0797. The van der Waals surface area contributed by atoms with E-state index in [1.165, 1.54) is 0 Å². The Kier molecular flexibility index (Phi) is 10.1. The van der Waals surface area contributed by atoms with E-state index in [2.05, 4.69) is 16.8 Å². The molecule has 0 bridgehead atoms. The van der Waals surface area contributed by atoms with Crippen molar-refractivity contribution >= 4 is 5.69 Å². The van der Waals surface area contributed by atoms with Gasteiger partial charge in [-0.2, -0.15) is 0 Å². The summed E-state index contributed by atoms with van der Waals surface area (Å²) >= 11 is 0. The third-order valence-corrected chi connectivity index (χ3v) is 3.26. The molecule has 1 fully saturated rings. The highest BCUT2D eigenvalue weighted by Gasteiger charge is 2.17. The van der Waals surface area contributed by atoms with E-state index < -0.39 is 0 Å². The summed E-state index contributed by atoms with van der Waals surface area (Å²) in [5, 5.41) is 0. The molecule has 0 spiro atoms. The fourth-order valence-electron chi connectivity index (χ4n) is 2.07. The molecule has 1 aliphatic heterocycles. The molecule has 0 atom stereocenters. The van der Waals surface area contributed by atoms with Gasteiger partial charge in [-0.05, 0) is 31.2 Å². The Hall–Kier alpha value is -1.09. The zero-order chi connectivity index (χ0) is 15.5. The summed E-state index contributed by atoms with van der Waals surface area (Å²) in [4.78, 5) is 4.41. The van der Waals surface area contributed by atoms with Crippen molar-refractivity contribution in [3.05, 3.63) is 29.6 Å². The SMILES string of the molecule is CC.CC.CCc1ccc(N2CCN(C)CC2)c(F)c1.